The molecule has 0 aliphatic heterocycles. The minimum absolute atomic E-state index is 0.180. The Morgan fingerprint density at radius 2 is 2.00 bits per heavy atom. The predicted octanol–water partition coefficient (Wildman–Crippen LogP) is 2.06. The van der Waals surface area contributed by atoms with Crippen LogP contribution >= 0.6 is 0 Å². The normalized spacial score (nSPS) is 29.3. The van der Waals surface area contributed by atoms with Gasteiger partial charge in [-0.1, -0.05) is 34.1 Å². The first kappa shape index (κ1) is 13.5. The van der Waals surface area contributed by atoms with Crippen LogP contribution in [0, 0.1) is 11.3 Å². The summed E-state index contributed by atoms with van der Waals surface area (Å²) in [6, 6.07) is 0. The van der Waals surface area contributed by atoms with Crippen LogP contribution in [0.3, 0.4) is 0 Å². The van der Waals surface area contributed by atoms with Gasteiger partial charge < -0.3 is 11.1 Å². The summed E-state index contributed by atoms with van der Waals surface area (Å²) in [5.74, 6) is 0.363. The van der Waals surface area contributed by atoms with Crippen molar-refractivity contribution in [3.63, 3.8) is 0 Å². The fourth-order valence-electron chi connectivity index (χ4n) is 2.71. The molecule has 0 aromatic rings. The van der Waals surface area contributed by atoms with E-state index >= 15 is 0 Å². The van der Waals surface area contributed by atoms with Crippen LogP contribution in [0.4, 0.5) is 0 Å². The monoisotopic (exact) mass is 226 g/mol. The Bertz CT molecular complexity index is 261. The molecule has 3 heteroatoms. The van der Waals surface area contributed by atoms with Crippen molar-refractivity contribution in [2.24, 2.45) is 17.1 Å². The van der Waals surface area contributed by atoms with E-state index in [9.17, 15) is 4.79 Å². The number of rotatable bonds is 4. The highest BCUT2D eigenvalue weighted by atomic mass is 16.1. The second-order valence-electron chi connectivity index (χ2n) is 6.42. The summed E-state index contributed by atoms with van der Waals surface area (Å²) < 4.78 is 0. The van der Waals surface area contributed by atoms with E-state index in [1.165, 1.54) is 6.42 Å². The molecule has 0 bridgehead atoms. The summed E-state index contributed by atoms with van der Waals surface area (Å²) in [5.41, 5.74) is 5.36. The Balaban J connectivity index is 2.76. The average molecular weight is 226 g/mol. The third-order valence-corrected chi connectivity index (χ3v) is 3.56. The van der Waals surface area contributed by atoms with Gasteiger partial charge in [0.1, 0.15) is 0 Å². The van der Waals surface area contributed by atoms with Gasteiger partial charge in [0.05, 0.1) is 5.54 Å². The van der Waals surface area contributed by atoms with Crippen molar-refractivity contribution in [3.8, 4) is 0 Å². The summed E-state index contributed by atoms with van der Waals surface area (Å²) in [6.45, 7) is 9.60. The van der Waals surface area contributed by atoms with Crippen molar-refractivity contribution in [2.45, 2.75) is 58.9 Å². The Morgan fingerprint density at radius 1 is 1.38 bits per heavy atom. The lowest BCUT2D eigenvalue weighted by atomic mass is 9.67. The topological polar surface area (TPSA) is 55.1 Å². The number of nitrogens with one attached hydrogen (secondary N) is 1. The zero-order valence-electron chi connectivity index (χ0n) is 11.1. The number of hydrogen-bond donors (Lipinski definition) is 2. The predicted molar refractivity (Wildman–Crippen MR) is 67.0 cm³/mol. The van der Waals surface area contributed by atoms with E-state index in [2.05, 4.69) is 33.0 Å². The number of carbonyl (C=O) groups is 1. The van der Waals surface area contributed by atoms with E-state index in [1.54, 1.807) is 0 Å². The number of amides is 1. The first-order valence-corrected chi connectivity index (χ1v) is 6.32. The largest absolute Gasteiger partial charge is 0.368 e. The van der Waals surface area contributed by atoms with Gasteiger partial charge in [0.2, 0.25) is 5.91 Å². The molecule has 0 radical (unpaired) electrons. The molecule has 1 atom stereocenters. The molecule has 0 spiro atoms. The van der Waals surface area contributed by atoms with E-state index < -0.39 is 5.54 Å². The molecule has 3 nitrogen and oxygen atoms in total. The smallest absolute Gasteiger partial charge is 0.237 e. The SMILES string of the molecule is CC(C)CNC1(C(N)=O)CCCC(C)(C)C1. The first-order valence-electron chi connectivity index (χ1n) is 6.32. The van der Waals surface area contributed by atoms with Gasteiger partial charge in [-0.25, -0.2) is 0 Å². The molecule has 1 fully saturated rings. The molecule has 1 saturated carbocycles. The van der Waals surface area contributed by atoms with Gasteiger partial charge in [-0.2, -0.15) is 0 Å². The minimum atomic E-state index is -0.466. The van der Waals surface area contributed by atoms with Gasteiger partial charge >= 0.3 is 0 Å². The molecule has 16 heavy (non-hydrogen) atoms. The Morgan fingerprint density at radius 3 is 2.44 bits per heavy atom. The fraction of sp³-hybridized carbons (Fsp3) is 0.923. The van der Waals surface area contributed by atoms with Crippen LogP contribution in [0.15, 0.2) is 0 Å². The molecule has 1 unspecified atom stereocenters. The molecule has 1 aliphatic carbocycles. The van der Waals surface area contributed by atoms with Gasteiger partial charge in [0, 0.05) is 0 Å². The van der Waals surface area contributed by atoms with Crippen molar-refractivity contribution in [3.05, 3.63) is 0 Å². The lowest BCUT2D eigenvalue weighted by molar-refractivity contribution is -0.127. The Labute approximate surface area is 99.2 Å². The van der Waals surface area contributed by atoms with Gasteiger partial charge in [-0.05, 0) is 37.1 Å². The maximum atomic E-state index is 11.7. The van der Waals surface area contributed by atoms with Crippen molar-refractivity contribution in [2.75, 3.05) is 6.54 Å². The molecule has 0 aromatic heterocycles. The van der Waals surface area contributed by atoms with Crippen molar-refractivity contribution >= 4 is 5.91 Å². The second kappa shape index (κ2) is 4.74. The van der Waals surface area contributed by atoms with Crippen molar-refractivity contribution in [1.29, 1.82) is 0 Å². The maximum absolute atomic E-state index is 11.7. The number of primary amides is 1. The van der Waals surface area contributed by atoms with E-state index in [0.717, 1.165) is 25.8 Å². The summed E-state index contributed by atoms with van der Waals surface area (Å²) in [7, 11) is 0. The fourth-order valence-corrected chi connectivity index (χ4v) is 2.71. The molecule has 1 amide bonds. The Hall–Kier alpha value is -0.570. The molecule has 1 aliphatic rings. The van der Waals surface area contributed by atoms with Crippen molar-refractivity contribution in [1.82, 2.24) is 5.32 Å². The molecule has 0 saturated heterocycles. The zero-order chi connectivity index (χ0) is 12.4. The van der Waals surface area contributed by atoms with E-state index in [0.29, 0.717) is 5.92 Å². The van der Waals surface area contributed by atoms with E-state index in [4.69, 9.17) is 5.73 Å². The van der Waals surface area contributed by atoms with Crippen LogP contribution < -0.4 is 11.1 Å². The van der Waals surface area contributed by atoms with E-state index in [-0.39, 0.29) is 11.3 Å². The third kappa shape index (κ3) is 3.21. The van der Waals surface area contributed by atoms with Crippen LogP contribution in [0.5, 0.6) is 0 Å². The highest BCUT2D eigenvalue weighted by Crippen LogP contribution is 2.40. The van der Waals surface area contributed by atoms with Crippen LogP contribution in [0.1, 0.15) is 53.4 Å². The molecule has 3 N–H and O–H groups in total. The minimum Gasteiger partial charge on any atom is -0.368 e. The highest BCUT2D eigenvalue weighted by Gasteiger charge is 2.43. The number of carbonyl (C=O) groups excluding carboxylic acids is 1. The quantitative estimate of drug-likeness (QED) is 0.771. The molecule has 1 rings (SSSR count). The zero-order valence-corrected chi connectivity index (χ0v) is 11.1. The van der Waals surface area contributed by atoms with Crippen LogP contribution in [-0.4, -0.2) is 18.0 Å². The lowest BCUT2D eigenvalue weighted by Crippen LogP contribution is -2.59. The van der Waals surface area contributed by atoms with Crippen molar-refractivity contribution < 1.29 is 4.79 Å². The third-order valence-electron chi connectivity index (χ3n) is 3.56. The lowest BCUT2D eigenvalue weighted by Gasteiger charge is -2.43. The molecular weight excluding hydrogens is 200 g/mol. The number of nitrogens with two attached hydrogens (primary N) is 1. The summed E-state index contributed by atoms with van der Waals surface area (Å²) >= 11 is 0. The average Bonchev–Trinajstić information content (AvgIpc) is 2.13. The first-order chi connectivity index (χ1) is 7.27. The standard InChI is InChI=1S/C13H26N2O/c1-10(2)8-15-13(11(14)16)7-5-6-12(3,4)9-13/h10,15H,5-9H2,1-4H3,(H2,14,16). The maximum Gasteiger partial charge on any atom is 0.237 e. The van der Waals surface area contributed by atoms with Gasteiger partial charge in [-0.15, -0.1) is 0 Å². The van der Waals surface area contributed by atoms with Gasteiger partial charge in [0.25, 0.3) is 0 Å². The summed E-state index contributed by atoms with van der Waals surface area (Å²) in [4.78, 5) is 11.7. The molecular formula is C13H26N2O. The van der Waals surface area contributed by atoms with E-state index in [1.807, 2.05) is 0 Å². The van der Waals surface area contributed by atoms with Gasteiger partial charge in [0.15, 0.2) is 0 Å². The number of hydrogen-bond acceptors (Lipinski definition) is 2. The molecule has 94 valence electrons. The molecule has 0 heterocycles. The van der Waals surface area contributed by atoms with Gasteiger partial charge in [-0.3, -0.25) is 4.79 Å². The van der Waals surface area contributed by atoms with Crippen LogP contribution in [0.25, 0.3) is 0 Å². The van der Waals surface area contributed by atoms with Crippen LogP contribution in [-0.2, 0) is 4.79 Å². The second-order valence-corrected chi connectivity index (χ2v) is 6.42. The molecule has 0 aromatic carbocycles. The Kier molecular flexibility index (Phi) is 4.00. The summed E-state index contributed by atoms with van der Waals surface area (Å²) in [5, 5.41) is 3.42. The van der Waals surface area contributed by atoms with Crippen LogP contribution in [0.2, 0.25) is 0 Å². The summed E-state index contributed by atoms with van der Waals surface area (Å²) in [6.07, 6.45) is 4.02. The highest BCUT2D eigenvalue weighted by molar-refractivity contribution is 5.84.